The van der Waals surface area contributed by atoms with E-state index in [0.29, 0.717) is 12.8 Å². The van der Waals surface area contributed by atoms with Crippen molar-refractivity contribution < 1.29 is 39.1 Å². The van der Waals surface area contributed by atoms with Gasteiger partial charge in [-0.3, -0.25) is 4.79 Å². The van der Waals surface area contributed by atoms with Crippen LogP contribution in [-0.2, 0) is 23.8 Å². The Morgan fingerprint density at radius 3 is 2.61 bits per heavy atom. The lowest BCUT2D eigenvalue weighted by molar-refractivity contribution is -0.351. The van der Waals surface area contributed by atoms with Crippen LogP contribution < -0.4 is 0 Å². The van der Waals surface area contributed by atoms with E-state index in [9.17, 15) is 24.9 Å². The average Bonchev–Trinajstić information content (AvgIpc) is 2.90. The summed E-state index contributed by atoms with van der Waals surface area (Å²) in [4.78, 5) is 24.5. The molecule has 3 rings (SSSR count). The van der Waals surface area contributed by atoms with Gasteiger partial charge >= 0.3 is 11.9 Å². The van der Waals surface area contributed by atoms with Crippen molar-refractivity contribution in [2.75, 3.05) is 20.3 Å². The Bertz CT molecular complexity index is 652. The molecule has 28 heavy (non-hydrogen) atoms. The monoisotopic (exact) mass is 400 g/mol. The molecule has 1 heterocycles. The molecular formula is C20H32O8. The van der Waals surface area contributed by atoms with E-state index in [4.69, 9.17) is 14.2 Å². The van der Waals surface area contributed by atoms with Gasteiger partial charge in [-0.25, -0.2) is 4.79 Å². The van der Waals surface area contributed by atoms with E-state index in [0.717, 1.165) is 0 Å². The lowest BCUT2D eigenvalue weighted by atomic mass is 9.43. The summed E-state index contributed by atoms with van der Waals surface area (Å²) in [5.74, 6) is -1.45. The quantitative estimate of drug-likeness (QED) is 0.553. The van der Waals surface area contributed by atoms with Crippen molar-refractivity contribution in [2.45, 2.75) is 76.3 Å². The van der Waals surface area contributed by atoms with Gasteiger partial charge in [0.15, 0.2) is 6.10 Å². The van der Waals surface area contributed by atoms with Gasteiger partial charge in [0.25, 0.3) is 0 Å². The number of ether oxygens (including phenoxy) is 3. The molecule has 3 N–H and O–H groups in total. The number of aliphatic hydroxyl groups is 3. The van der Waals surface area contributed by atoms with Gasteiger partial charge in [-0.1, -0.05) is 20.8 Å². The highest BCUT2D eigenvalue weighted by atomic mass is 16.6. The second kappa shape index (κ2) is 6.93. The van der Waals surface area contributed by atoms with Crippen LogP contribution in [-0.4, -0.2) is 71.0 Å². The standard InChI is InChI=1S/C20H32O8/c1-5-6-14(21)27-10-17(3)19(24,11-26-4)13-9-18(15(22)16(23)28-13)12(2)7-8-20(17,18)25/h12-13,15,22,24-25H,5-11H2,1-4H3/t12-,13+,15-,17-,18+,19+,20+/m1/s1. The molecule has 2 saturated carbocycles. The zero-order valence-electron chi connectivity index (χ0n) is 17.1. The second-order valence-electron chi connectivity index (χ2n) is 8.97. The lowest BCUT2D eigenvalue weighted by Gasteiger charge is -2.67. The van der Waals surface area contributed by atoms with Gasteiger partial charge in [0.05, 0.1) is 17.6 Å². The zero-order chi connectivity index (χ0) is 21.0. The molecule has 1 saturated heterocycles. The lowest BCUT2D eigenvalue weighted by Crippen LogP contribution is -2.82. The van der Waals surface area contributed by atoms with Gasteiger partial charge in [-0.15, -0.1) is 0 Å². The minimum absolute atomic E-state index is 0.121. The Kier molecular flexibility index (Phi) is 5.32. The third kappa shape index (κ3) is 2.44. The predicted octanol–water partition coefficient (Wildman–Crippen LogP) is 0.551. The predicted molar refractivity (Wildman–Crippen MR) is 97.1 cm³/mol. The molecule has 0 aromatic carbocycles. The average molecular weight is 400 g/mol. The third-order valence-corrected chi connectivity index (χ3v) is 7.82. The van der Waals surface area contributed by atoms with Crippen molar-refractivity contribution in [1.82, 2.24) is 0 Å². The number of methoxy groups -OCH3 is 1. The molecule has 0 amide bonds. The van der Waals surface area contributed by atoms with Crippen LogP contribution in [0.25, 0.3) is 0 Å². The highest BCUT2D eigenvalue weighted by molar-refractivity contribution is 5.78. The van der Waals surface area contributed by atoms with E-state index in [2.05, 4.69) is 0 Å². The number of hydrogen-bond acceptors (Lipinski definition) is 8. The largest absolute Gasteiger partial charge is 0.465 e. The summed E-state index contributed by atoms with van der Waals surface area (Å²) in [7, 11) is 1.41. The molecule has 0 radical (unpaired) electrons. The Balaban J connectivity index is 2.13. The van der Waals surface area contributed by atoms with Gasteiger partial charge in [0.2, 0.25) is 0 Å². The first-order chi connectivity index (χ1) is 13.0. The Labute approximate surface area is 165 Å². The molecule has 160 valence electrons. The van der Waals surface area contributed by atoms with E-state index in [1.54, 1.807) is 6.92 Å². The highest BCUT2D eigenvalue weighted by Crippen LogP contribution is 2.70. The molecule has 2 aliphatic carbocycles. The van der Waals surface area contributed by atoms with Crippen molar-refractivity contribution in [2.24, 2.45) is 16.7 Å². The fourth-order valence-corrected chi connectivity index (χ4v) is 6.05. The van der Waals surface area contributed by atoms with Crippen LogP contribution in [0.1, 0.15) is 52.9 Å². The van der Waals surface area contributed by atoms with Crippen molar-refractivity contribution in [3.05, 3.63) is 0 Å². The van der Waals surface area contributed by atoms with Crippen LogP contribution in [0, 0.1) is 16.7 Å². The van der Waals surface area contributed by atoms with Gasteiger partial charge in [0.1, 0.15) is 18.3 Å². The van der Waals surface area contributed by atoms with Gasteiger partial charge in [-0.05, 0) is 31.6 Å². The number of carbonyl (C=O) groups is 2. The smallest absolute Gasteiger partial charge is 0.336 e. The molecule has 8 heteroatoms. The topological polar surface area (TPSA) is 123 Å². The van der Waals surface area contributed by atoms with Crippen molar-refractivity contribution in [1.29, 1.82) is 0 Å². The molecular weight excluding hydrogens is 368 g/mol. The minimum atomic E-state index is -1.79. The summed E-state index contributed by atoms with van der Waals surface area (Å²) in [5, 5.41) is 34.6. The Morgan fingerprint density at radius 1 is 1.32 bits per heavy atom. The van der Waals surface area contributed by atoms with E-state index in [1.807, 2.05) is 13.8 Å². The maximum Gasteiger partial charge on any atom is 0.336 e. The van der Waals surface area contributed by atoms with E-state index < -0.39 is 46.2 Å². The minimum Gasteiger partial charge on any atom is -0.465 e. The molecule has 7 atom stereocenters. The first kappa shape index (κ1) is 21.5. The van der Waals surface area contributed by atoms with Crippen molar-refractivity contribution in [3.63, 3.8) is 0 Å². The number of aliphatic hydroxyl groups excluding tert-OH is 1. The van der Waals surface area contributed by atoms with Crippen LogP contribution in [0.4, 0.5) is 0 Å². The fraction of sp³-hybridized carbons (Fsp3) is 0.900. The van der Waals surface area contributed by atoms with Gasteiger partial charge in [0, 0.05) is 18.9 Å². The maximum atomic E-state index is 12.5. The SMILES string of the molecule is CCCC(=O)OC[C@@]1(C)[C@@]2(O)CC[C@@H](C)[C@]23C[C@H](OC(=O)[C@H]3O)[C@@]1(O)COC. The van der Waals surface area contributed by atoms with Crippen molar-refractivity contribution >= 4 is 11.9 Å². The summed E-state index contributed by atoms with van der Waals surface area (Å²) in [6.45, 7) is 4.90. The summed E-state index contributed by atoms with van der Waals surface area (Å²) < 4.78 is 16.1. The van der Waals surface area contributed by atoms with Gasteiger partial charge < -0.3 is 29.5 Å². The number of hydrogen-bond donors (Lipinski definition) is 3. The van der Waals surface area contributed by atoms with E-state index in [1.165, 1.54) is 7.11 Å². The molecule has 3 fully saturated rings. The molecule has 0 aromatic rings. The summed E-state index contributed by atoms with van der Waals surface area (Å²) in [6, 6.07) is 0. The molecule has 0 aromatic heterocycles. The molecule has 1 aliphatic heterocycles. The maximum absolute atomic E-state index is 12.5. The molecule has 0 unspecified atom stereocenters. The van der Waals surface area contributed by atoms with Crippen LogP contribution in [0.5, 0.6) is 0 Å². The zero-order valence-corrected chi connectivity index (χ0v) is 17.1. The van der Waals surface area contributed by atoms with Crippen LogP contribution >= 0.6 is 0 Å². The summed E-state index contributed by atoms with van der Waals surface area (Å²) in [5.41, 5.74) is -6.02. The number of rotatable bonds is 6. The Hall–Kier alpha value is -1.22. The first-order valence-corrected chi connectivity index (χ1v) is 10.0. The number of esters is 2. The number of carbonyl (C=O) groups excluding carboxylic acids is 2. The molecule has 1 spiro atoms. The third-order valence-electron chi connectivity index (χ3n) is 7.82. The highest BCUT2D eigenvalue weighted by Gasteiger charge is 2.81. The normalized spacial score (nSPS) is 47.4. The first-order valence-electron chi connectivity index (χ1n) is 10.0. The van der Waals surface area contributed by atoms with E-state index in [-0.39, 0.29) is 38.4 Å². The molecule has 8 nitrogen and oxygen atoms in total. The van der Waals surface area contributed by atoms with Crippen molar-refractivity contribution in [3.8, 4) is 0 Å². The van der Waals surface area contributed by atoms with Crippen LogP contribution in [0.2, 0.25) is 0 Å². The van der Waals surface area contributed by atoms with E-state index >= 15 is 0 Å². The van der Waals surface area contributed by atoms with Gasteiger partial charge in [-0.2, -0.15) is 0 Å². The van der Waals surface area contributed by atoms with Crippen LogP contribution in [0.3, 0.4) is 0 Å². The molecule has 3 aliphatic rings. The summed E-state index contributed by atoms with van der Waals surface area (Å²) >= 11 is 0. The summed E-state index contributed by atoms with van der Waals surface area (Å²) in [6.07, 6.45) is -0.713. The van der Waals surface area contributed by atoms with Crippen LogP contribution in [0.15, 0.2) is 0 Å². The second-order valence-corrected chi connectivity index (χ2v) is 8.97. The number of fused-ring (bicyclic) bond motifs is 1. The fourth-order valence-electron chi connectivity index (χ4n) is 6.05. The molecule has 2 bridgehead atoms. The Morgan fingerprint density at radius 2 is 2.00 bits per heavy atom.